The summed E-state index contributed by atoms with van der Waals surface area (Å²) in [6.07, 6.45) is 0. The maximum Gasteiger partial charge on any atom is 0.233 e. The molecular formula is C17H21ClN4OS. The van der Waals surface area contributed by atoms with Crippen molar-refractivity contribution in [1.29, 1.82) is 0 Å². The average Bonchev–Trinajstić information content (AvgIpc) is 2.91. The van der Waals surface area contributed by atoms with Crippen LogP contribution in [0.25, 0.3) is 11.4 Å². The Balaban J connectivity index is 2.08. The smallest absolute Gasteiger partial charge is 0.233 e. The van der Waals surface area contributed by atoms with Crippen molar-refractivity contribution < 1.29 is 4.79 Å². The minimum atomic E-state index is 0.0628. The van der Waals surface area contributed by atoms with Crippen LogP contribution in [0.4, 0.5) is 0 Å². The van der Waals surface area contributed by atoms with Gasteiger partial charge in [-0.1, -0.05) is 47.6 Å². The fourth-order valence-corrected chi connectivity index (χ4v) is 3.27. The summed E-state index contributed by atoms with van der Waals surface area (Å²) in [7, 11) is 1.87. The zero-order chi connectivity index (χ0) is 17.7. The second kappa shape index (κ2) is 8.35. The van der Waals surface area contributed by atoms with Crippen molar-refractivity contribution in [1.82, 2.24) is 19.7 Å². The number of halogens is 1. The zero-order valence-corrected chi connectivity index (χ0v) is 15.7. The molecule has 0 spiro atoms. The molecule has 0 saturated heterocycles. The molecule has 0 aliphatic carbocycles. The maximum atomic E-state index is 12.3. The van der Waals surface area contributed by atoms with Gasteiger partial charge in [0.2, 0.25) is 5.91 Å². The SMILES string of the molecule is C=C(C)CN(CC)C(=O)CSc1nnc(-c2ccccc2Cl)n1C. The lowest BCUT2D eigenvalue weighted by Gasteiger charge is -2.20. The van der Waals surface area contributed by atoms with Crippen LogP contribution in [0.2, 0.25) is 5.02 Å². The number of carbonyl (C=O) groups excluding carboxylic acids is 1. The maximum absolute atomic E-state index is 12.3. The number of rotatable bonds is 7. The van der Waals surface area contributed by atoms with Crippen LogP contribution in [0.3, 0.4) is 0 Å². The normalized spacial score (nSPS) is 10.7. The van der Waals surface area contributed by atoms with E-state index in [2.05, 4.69) is 16.8 Å². The average molecular weight is 365 g/mol. The molecule has 0 radical (unpaired) electrons. The van der Waals surface area contributed by atoms with E-state index in [1.54, 1.807) is 4.90 Å². The third-order valence-corrected chi connectivity index (χ3v) is 4.80. The van der Waals surface area contributed by atoms with Gasteiger partial charge in [-0.15, -0.1) is 10.2 Å². The van der Waals surface area contributed by atoms with Crippen molar-refractivity contribution in [2.45, 2.75) is 19.0 Å². The highest BCUT2D eigenvalue weighted by atomic mass is 35.5. The van der Waals surface area contributed by atoms with Crippen LogP contribution in [-0.2, 0) is 11.8 Å². The van der Waals surface area contributed by atoms with Gasteiger partial charge in [0.1, 0.15) is 0 Å². The molecule has 5 nitrogen and oxygen atoms in total. The van der Waals surface area contributed by atoms with Crippen molar-refractivity contribution in [2.24, 2.45) is 7.05 Å². The lowest BCUT2D eigenvalue weighted by molar-refractivity contribution is -0.127. The van der Waals surface area contributed by atoms with Crippen LogP contribution in [0.15, 0.2) is 41.6 Å². The second-order valence-electron chi connectivity index (χ2n) is 5.50. The minimum Gasteiger partial charge on any atom is -0.338 e. The molecule has 0 bridgehead atoms. The highest BCUT2D eigenvalue weighted by Crippen LogP contribution is 2.28. The van der Waals surface area contributed by atoms with Gasteiger partial charge in [-0.2, -0.15) is 0 Å². The Morgan fingerprint density at radius 3 is 2.71 bits per heavy atom. The number of hydrogen-bond donors (Lipinski definition) is 0. The Labute approximate surface area is 151 Å². The van der Waals surface area contributed by atoms with E-state index in [1.165, 1.54) is 11.8 Å². The molecule has 0 unspecified atom stereocenters. The minimum absolute atomic E-state index is 0.0628. The molecule has 0 aliphatic rings. The largest absolute Gasteiger partial charge is 0.338 e. The highest BCUT2D eigenvalue weighted by Gasteiger charge is 2.17. The first-order valence-electron chi connectivity index (χ1n) is 7.63. The van der Waals surface area contributed by atoms with E-state index in [-0.39, 0.29) is 5.91 Å². The Kier molecular flexibility index (Phi) is 6.45. The number of thioether (sulfide) groups is 1. The van der Waals surface area contributed by atoms with Crippen LogP contribution in [-0.4, -0.2) is 44.4 Å². The molecule has 128 valence electrons. The summed E-state index contributed by atoms with van der Waals surface area (Å²) >= 11 is 7.59. The monoisotopic (exact) mass is 364 g/mol. The third kappa shape index (κ3) is 4.39. The molecule has 24 heavy (non-hydrogen) atoms. The molecule has 0 saturated carbocycles. The van der Waals surface area contributed by atoms with Crippen molar-refractivity contribution in [3.05, 3.63) is 41.4 Å². The lowest BCUT2D eigenvalue weighted by Crippen LogP contribution is -2.33. The lowest BCUT2D eigenvalue weighted by atomic mass is 10.2. The molecular weight excluding hydrogens is 344 g/mol. The molecule has 1 heterocycles. The van der Waals surface area contributed by atoms with Crippen molar-refractivity contribution in [3.63, 3.8) is 0 Å². The molecule has 0 atom stereocenters. The topological polar surface area (TPSA) is 51.0 Å². The summed E-state index contributed by atoms with van der Waals surface area (Å²) in [4.78, 5) is 14.1. The summed E-state index contributed by atoms with van der Waals surface area (Å²) in [5.74, 6) is 1.06. The number of hydrogen-bond acceptors (Lipinski definition) is 4. The van der Waals surface area contributed by atoms with Crippen LogP contribution in [0, 0.1) is 0 Å². The van der Waals surface area contributed by atoms with Gasteiger partial charge in [-0.05, 0) is 26.0 Å². The van der Waals surface area contributed by atoms with Gasteiger partial charge in [-0.3, -0.25) is 4.79 Å². The van der Waals surface area contributed by atoms with E-state index in [0.717, 1.165) is 11.1 Å². The molecule has 1 amide bonds. The molecule has 2 rings (SSSR count). The molecule has 1 aromatic carbocycles. The van der Waals surface area contributed by atoms with Gasteiger partial charge in [0.25, 0.3) is 0 Å². The molecule has 0 fully saturated rings. The summed E-state index contributed by atoms with van der Waals surface area (Å²) in [5.41, 5.74) is 1.79. The Bertz CT molecular complexity index is 744. The number of nitrogens with zero attached hydrogens (tertiary/aromatic N) is 4. The fraction of sp³-hybridized carbons (Fsp3) is 0.353. The summed E-state index contributed by atoms with van der Waals surface area (Å²) in [5, 5.41) is 9.70. The van der Waals surface area contributed by atoms with Crippen LogP contribution >= 0.6 is 23.4 Å². The standard InChI is InChI=1S/C17H21ClN4OS/c1-5-22(10-12(2)3)15(23)11-24-17-20-19-16(21(17)4)13-8-6-7-9-14(13)18/h6-9H,2,5,10-11H2,1,3-4H3. The molecule has 2 aromatic rings. The Morgan fingerprint density at radius 2 is 2.08 bits per heavy atom. The van der Waals surface area contributed by atoms with Crippen LogP contribution < -0.4 is 0 Å². The highest BCUT2D eigenvalue weighted by molar-refractivity contribution is 7.99. The number of benzene rings is 1. The number of amides is 1. The van der Waals surface area contributed by atoms with Crippen molar-refractivity contribution in [2.75, 3.05) is 18.8 Å². The zero-order valence-electron chi connectivity index (χ0n) is 14.1. The number of likely N-dealkylation sites (N-methyl/N-ethyl adjacent to an activating group) is 1. The fourth-order valence-electron chi connectivity index (χ4n) is 2.24. The third-order valence-electron chi connectivity index (χ3n) is 3.47. The predicted octanol–water partition coefficient (Wildman–Crippen LogP) is 3.65. The van der Waals surface area contributed by atoms with Gasteiger partial charge >= 0.3 is 0 Å². The molecule has 7 heteroatoms. The first-order valence-corrected chi connectivity index (χ1v) is 8.99. The van der Waals surface area contributed by atoms with E-state index in [0.29, 0.717) is 34.8 Å². The molecule has 0 N–H and O–H groups in total. The molecule has 0 aliphatic heterocycles. The van der Waals surface area contributed by atoms with E-state index < -0.39 is 0 Å². The predicted molar refractivity (Wildman–Crippen MR) is 99.2 cm³/mol. The van der Waals surface area contributed by atoms with Gasteiger partial charge < -0.3 is 9.47 Å². The second-order valence-corrected chi connectivity index (χ2v) is 6.85. The van der Waals surface area contributed by atoms with Crippen molar-refractivity contribution in [3.8, 4) is 11.4 Å². The van der Waals surface area contributed by atoms with Crippen LogP contribution in [0.5, 0.6) is 0 Å². The Hall–Kier alpha value is -1.79. The van der Waals surface area contributed by atoms with E-state index in [9.17, 15) is 4.79 Å². The van der Waals surface area contributed by atoms with E-state index in [4.69, 9.17) is 11.6 Å². The van der Waals surface area contributed by atoms with Gasteiger partial charge in [0.05, 0.1) is 10.8 Å². The first-order chi connectivity index (χ1) is 11.4. The number of aromatic nitrogens is 3. The summed E-state index contributed by atoms with van der Waals surface area (Å²) in [6.45, 7) is 8.99. The Morgan fingerprint density at radius 1 is 1.38 bits per heavy atom. The summed E-state index contributed by atoms with van der Waals surface area (Å²) < 4.78 is 1.86. The van der Waals surface area contributed by atoms with E-state index >= 15 is 0 Å². The van der Waals surface area contributed by atoms with Gasteiger partial charge in [0.15, 0.2) is 11.0 Å². The summed E-state index contributed by atoms with van der Waals surface area (Å²) in [6, 6.07) is 7.50. The van der Waals surface area contributed by atoms with Crippen molar-refractivity contribution >= 4 is 29.3 Å². The molecule has 1 aromatic heterocycles. The first kappa shape index (κ1) is 18.5. The van der Waals surface area contributed by atoms with E-state index in [1.807, 2.05) is 49.7 Å². The van der Waals surface area contributed by atoms with Crippen LogP contribution in [0.1, 0.15) is 13.8 Å². The van der Waals surface area contributed by atoms with Gasteiger partial charge in [-0.25, -0.2) is 0 Å². The van der Waals surface area contributed by atoms with Gasteiger partial charge in [0, 0.05) is 25.7 Å². The number of carbonyl (C=O) groups is 1. The quantitative estimate of drug-likeness (QED) is 0.555.